The summed E-state index contributed by atoms with van der Waals surface area (Å²) in [6.45, 7) is 0. The molecule has 2 rings (SSSR count). The van der Waals surface area contributed by atoms with Gasteiger partial charge in [0.2, 0.25) is 0 Å². The second-order valence-corrected chi connectivity index (χ2v) is 3.64. The molecule has 5 heteroatoms. The van der Waals surface area contributed by atoms with Crippen LogP contribution in [0.25, 0.3) is 11.1 Å². The third-order valence-electron chi connectivity index (χ3n) is 2.02. The molecule has 0 saturated carbocycles. The molecule has 0 saturated heterocycles. The number of nitrogen functional groups attached to an aromatic ring is 1. The molecule has 0 heterocycles. The van der Waals surface area contributed by atoms with Crippen LogP contribution in [0.2, 0.25) is 0 Å². The number of rotatable bonds is 1. The maximum Gasteiger partial charge on any atom is 0.0814 e. The first kappa shape index (κ1) is 13.4. The number of anilines is 1. The summed E-state index contributed by atoms with van der Waals surface area (Å²) in [4.78, 5) is 0. The van der Waals surface area contributed by atoms with E-state index in [1.165, 1.54) is 11.1 Å². The molecule has 0 fully saturated rings. The lowest BCUT2D eigenvalue weighted by molar-refractivity contribution is 0.436. The molecule has 1 unspecified atom stereocenters. The first-order valence-electron chi connectivity index (χ1n) is 4.79. The van der Waals surface area contributed by atoms with Crippen LogP contribution < -0.4 is 5.73 Å². The molecule has 90 valence electrons. The van der Waals surface area contributed by atoms with Gasteiger partial charge in [0.05, 0.1) is 11.4 Å². The van der Waals surface area contributed by atoms with Crippen LogP contribution in [0, 0.1) is 0 Å². The van der Waals surface area contributed by atoms with E-state index in [4.69, 9.17) is 19.0 Å². The Morgan fingerprint density at radius 3 is 1.82 bits per heavy atom. The molecule has 1 atom stereocenters. The average Bonchev–Trinajstić information content (AvgIpc) is 2.30. The molecule has 17 heavy (non-hydrogen) atoms. The molecular formula is C12H12NO3S-. The zero-order valence-electron chi connectivity index (χ0n) is 8.95. The molecule has 2 aromatic carbocycles. The summed E-state index contributed by atoms with van der Waals surface area (Å²) in [5.74, 6) is 0. The van der Waals surface area contributed by atoms with Gasteiger partial charge < -0.3 is 14.8 Å². The summed E-state index contributed by atoms with van der Waals surface area (Å²) in [6, 6.07) is 18.2. The van der Waals surface area contributed by atoms with E-state index in [0.29, 0.717) is 0 Å². The fraction of sp³-hybridized carbons (Fsp3) is 0. The van der Waals surface area contributed by atoms with Crippen LogP contribution in [0.1, 0.15) is 0 Å². The van der Waals surface area contributed by atoms with E-state index in [2.05, 4.69) is 12.1 Å². The first-order chi connectivity index (χ1) is 8.09. The zero-order chi connectivity index (χ0) is 12.7. The van der Waals surface area contributed by atoms with E-state index < -0.39 is 11.4 Å². The van der Waals surface area contributed by atoms with E-state index in [1.807, 2.05) is 42.5 Å². The SMILES string of the molecule is Nc1ccc(-c2ccccc2)cc1.O=S([O-])O. The van der Waals surface area contributed by atoms with Crippen molar-refractivity contribution in [1.82, 2.24) is 0 Å². The van der Waals surface area contributed by atoms with Gasteiger partial charge in [0.1, 0.15) is 0 Å². The van der Waals surface area contributed by atoms with E-state index in [0.717, 1.165) is 5.69 Å². The van der Waals surface area contributed by atoms with E-state index in [1.54, 1.807) is 0 Å². The molecule has 3 N–H and O–H groups in total. The molecule has 0 spiro atoms. The Morgan fingerprint density at radius 1 is 0.941 bits per heavy atom. The van der Waals surface area contributed by atoms with Crippen LogP contribution in [-0.2, 0) is 11.4 Å². The van der Waals surface area contributed by atoms with Crippen molar-refractivity contribution < 1.29 is 13.3 Å². The van der Waals surface area contributed by atoms with Crippen LogP contribution in [0.3, 0.4) is 0 Å². The Hall–Kier alpha value is -1.69. The quantitative estimate of drug-likeness (QED) is 0.600. The molecule has 4 nitrogen and oxygen atoms in total. The largest absolute Gasteiger partial charge is 0.750 e. The van der Waals surface area contributed by atoms with E-state index >= 15 is 0 Å². The number of hydrogen-bond acceptors (Lipinski definition) is 3. The molecule has 0 bridgehead atoms. The summed E-state index contributed by atoms with van der Waals surface area (Å²) in [6.07, 6.45) is 0. The lowest BCUT2D eigenvalue weighted by Gasteiger charge is -2.00. The maximum absolute atomic E-state index is 8.56. The molecule has 0 aliphatic carbocycles. The van der Waals surface area contributed by atoms with Crippen LogP contribution in [0.15, 0.2) is 54.6 Å². The van der Waals surface area contributed by atoms with Crippen molar-refractivity contribution in [2.75, 3.05) is 5.73 Å². The van der Waals surface area contributed by atoms with Gasteiger partial charge in [0, 0.05) is 5.69 Å². The number of nitrogens with two attached hydrogens (primary N) is 1. The van der Waals surface area contributed by atoms with Gasteiger partial charge in [0.25, 0.3) is 0 Å². The van der Waals surface area contributed by atoms with Crippen molar-refractivity contribution in [3.05, 3.63) is 54.6 Å². The third kappa shape index (κ3) is 5.26. The van der Waals surface area contributed by atoms with Crippen molar-refractivity contribution in [3.8, 4) is 11.1 Å². The van der Waals surface area contributed by atoms with Gasteiger partial charge in [0.15, 0.2) is 0 Å². The maximum atomic E-state index is 8.56. The predicted molar refractivity (Wildman–Crippen MR) is 67.8 cm³/mol. The van der Waals surface area contributed by atoms with Crippen LogP contribution >= 0.6 is 0 Å². The normalized spacial score (nSPS) is 11.2. The molecule has 2 aromatic rings. The standard InChI is InChI=1S/C12H11N.H2O3S/c13-12-8-6-11(7-9-12)10-4-2-1-3-5-10;1-4(2)3/h1-9H,13H2;(H2,1,2,3)/p-1. The van der Waals surface area contributed by atoms with Crippen molar-refractivity contribution in [2.45, 2.75) is 0 Å². The summed E-state index contributed by atoms with van der Waals surface area (Å²) in [5, 5.41) is 0. The molecular weight excluding hydrogens is 238 g/mol. The summed E-state index contributed by atoms with van der Waals surface area (Å²) in [5.41, 5.74) is 8.84. The van der Waals surface area contributed by atoms with Crippen LogP contribution in [-0.4, -0.2) is 13.3 Å². The number of hydrogen-bond donors (Lipinski definition) is 2. The Bertz CT molecular complexity index is 467. The highest BCUT2D eigenvalue weighted by molar-refractivity contribution is 7.73. The van der Waals surface area contributed by atoms with E-state index in [-0.39, 0.29) is 0 Å². The second-order valence-electron chi connectivity index (χ2n) is 3.21. The Labute approximate surface area is 102 Å². The lowest BCUT2D eigenvalue weighted by atomic mass is 10.1. The van der Waals surface area contributed by atoms with Crippen molar-refractivity contribution >= 4 is 17.0 Å². The van der Waals surface area contributed by atoms with Gasteiger partial charge in [-0.2, -0.15) is 0 Å². The van der Waals surface area contributed by atoms with Gasteiger partial charge in [-0.1, -0.05) is 42.5 Å². The Morgan fingerprint density at radius 2 is 1.35 bits per heavy atom. The average molecular weight is 250 g/mol. The first-order valence-corrected chi connectivity index (χ1v) is 5.82. The van der Waals surface area contributed by atoms with Crippen LogP contribution in [0.4, 0.5) is 5.69 Å². The summed E-state index contributed by atoms with van der Waals surface area (Å²) in [7, 11) is 0. The van der Waals surface area contributed by atoms with Crippen molar-refractivity contribution in [3.63, 3.8) is 0 Å². The van der Waals surface area contributed by atoms with Crippen LogP contribution in [0.5, 0.6) is 0 Å². The monoisotopic (exact) mass is 250 g/mol. The minimum Gasteiger partial charge on any atom is -0.750 e. The van der Waals surface area contributed by atoms with Gasteiger partial charge in [-0.25, -0.2) is 4.21 Å². The minimum atomic E-state index is -2.86. The van der Waals surface area contributed by atoms with Gasteiger partial charge in [-0.3, -0.25) is 0 Å². The lowest BCUT2D eigenvalue weighted by Crippen LogP contribution is -1.83. The van der Waals surface area contributed by atoms with Gasteiger partial charge in [-0.05, 0) is 23.3 Å². The highest BCUT2D eigenvalue weighted by atomic mass is 32.2. The second kappa shape index (κ2) is 6.80. The van der Waals surface area contributed by atoms with Crippen molar-refractivity contribution in [1.29, 1.82) is 0 Å². The topological polar surface area (TPSA) is 86.4 Å². The third-order valence-corrected chi connectivity index (χ3v) is 2.02. The molecule has 0 aliphatic heterocycles. The summed E-state index contributed by atoms with van der Waals surface area (Å²) >= 11 is -2.86. The highest BCUT2D eigenvalue weighted by Crippen LogP contribution is 2.19. The number of benzene rings is 2. The molecule has 0 radical (unpaired) electrons. The highest BCUT2D eigenvalue weighted by Gasteiger charge is 1.94. The Balaban J connectivity index is 0.000000317. The molecule has 0 aliphatic rings. The van der Waals surface area contributed by atoms with E-state index in [9.17, 15) is 0 Å². The predicted octanol–water partition coefficient (Wildman–Crippen LogP) is 2.27. The Kier molecular flexibility index (Phi) is 5.35. The smallest absolute Gasteiger partial charge is 0.0814 e. The zero-order valence-corrected chi connectivity index (χ0v) is 9.76. The fourth-order valence-corrected chi connectivity index (χ4v) is 1.31. The fourth-order valence-electron chi connectivity index (χ4n) is 1.31. The van der Waals surface area contributed by atoms with Gasteiger partial charge in [-0.15, -0.1) is 0 Å². The van der Waals surface area contributed by atoms with Crippen molar-refractivity contribution in [2.24, 2.45) is 0 Å². The van der Waals surface area contributed by atoms with Gasteiger partial charge >= 0.3 is 0 Å². The minimum absolute atomic E-state index is 0.805. The molecule has 0 amide bonds. The molecule has 0 aromatic heterocycles. The summed E-state index contributed by atoms with van der Waals surface area (Å²) < 4.78 is 24.1.